The van der Waals surface area contributed by atoms with Crippen LogP contribution in [0, 0.1) is 0 Å². The van der Waals surface area contributed by atoms with Gasteiger partial charge in [0.05, 0.1) is 23.8 Å². The van der Waals surface area contributed by atoms with Crippen molar-refractivity contribution in [1.82, 2.24) is 4.31 Å². The Bertz CT molecular complexity index is 1030. The lowest BCUT2D eigenvalue weighted by molar-refractivity contribution is 0.0472. The Labute approximate surface area is 172 Å². The molecule has 0 saturated carbocycles. The van der Waals surface area contributed by atoms with E-state index < -0.39 is 16.0 Å². The van der Waals surface area contributed by atoms with E-state index in [1.807, 2.05) is 0 Å². The number of ether oxygens (including phenoxy) is 4. The zero-order valence-electron chi connectivity index (χ0n) is 15.3. The smallest absolute Gasteiger partial charge is 0.338 e. The number of hydrogen-bond acceptors (Lipinski definition) is 7. The number of sulfonamides is 1. The predicted octanol–water partition coefficient (Wildman–Crippen LogP) is 2.45. The van der Waals surface area contributed by atoms with Crippen LogP contribution in [0.2, 0.25) is 5.02 Å². The van der Waals surface area contributed by atoms with Crippen molar-refractivity contribution in [2.45, 2.75) is 11.5 Å². The van der Waals surface area contributed by atoms with Crippen LogP contribution in [0.5, 0.6) is 11.5 Å². The van der Waals surface area contributed by atoms with Gasteiger partial charge in [0, 0.05) is 13.1 Å². The summed E-state index contributed by atoms with van der Waals surface area (Å²) < 4.78 is 48.1. The average molecular weight is 440 g/mol. The molecule has 0 aromatic heterocycles. The van der Waals surface area contributed by atoms with Crippen LogP contribution in [-0.4, -0.2) is 51.8 Å². The van der Waals surface area contributed by atoms with Crippen LogP contribution < -0.4 is 9.47 Å². The molecular formula is C19H18ClNO7S. The van der Waals surface area contributed by atoms with E-state index in [1.165, 1.54) is 22.5 Å². The lowest BCUT2D eigenvalue weighted by Crippen LogP contribution is -2.40. The fraction of sp³-hybridized carbons (Fsp3) is 0.316. The molecule has 154 valence electrons. The molecule has 1 fully saturated rings. The van der Waals surface area contributed by atoms with E-state index >= 15 is 0 Å². The van der Waals surface area contributed by atoms with Gasteiger partial charge < -0.3 is 18.9 Å². The molecule has 0 N–H and O–H groups in total. The number of morpholine rings is 1. The third-order valence-corrected chi connectivity index (χ3v) is 6.94. The van der Waals surface area contributed by atoms with Gasteiger partial charge in [0.1, 0.15) is 11.5 Å². The molecule has 0 radical (unpaired) electrons. The summed E-state index contributed by atoms with van der Waals surface area (Å²) >= 11 is 6.12. The zero-order valence-corrected chi connectivity index (χ0v) is 16.9. The quantitative estimate of drug-likeness (QED) is 0.661. The summed E-state index contributed by atoms with van der Waals surface area (Å²) in [5, 5.41) is 0.0452. The van der Waals surface area contributed by atoms with E-state index in [1.54, 1.807) is 18.2 Å². The average Bonchev–Trinajstić information content (AvgIpc) is 3.20. The van der Waals surface area contributed by atoms with Gasteiger partial charge in [-0.3, -0.25) is 0 Å². The van der Waals surface area contributed by atoms with Crippen LogP contribution in [0.4, 0.5) is 0 Å². The van der Waals surface area contributed by atoms with Crippen LogP contribution in [0.1, 0.15) is 15.9 Å². The van der Waals surface area contributed by atoms with Crippen molar-refractivity contribution < 1.29 is 32.2 Å². The number of esters is 1. The van der Waals surface area contributed by atoms with Gasteiger partial charge >= 0.3 is 5.97 Å². The number of nitrogens with zero attached hydrogens (tertiary/aromatic N) is 1. The summed E-state index contributed by atoms with van der Waals surface area (Å²) in [4.78, 5) is 12.3. The lowest BCUT2D eigenvalue weighted by atomic mass is 10.2. The highest BCUT2D eigenvalue weighted by Crippen LogP contribution is 2.33. The van der Waals surface area contributed by atoms with Crippen molar-refractivity contribution in [2.75, 3.05) is 33.1 Å². The first kappa shape index (κ1) is 20.0. The molecule has 0 spiro atoms. The summed E-state index contributed by atoms with van der Waals surface area (Å²) in [5.41, 5.74) is 0.819. The molecule has 0 aliphatic carbocycles. The van der Waals surface area contributed by atoms with Crippen molar-refractivity contribution in [3.8, 4) is 11.5 Å². The zero-order chi connectivity index (χ0) is 20.4. The second kappa shape index (κ2) is 8.19. The Morgan fingerprint density at radius 1 is 1.07 bits per heavy atom. The maximum absolute atomic E-state index is 12.9. The minimum atomic E-state index is -3.84. The molecule has 2 aliphatic heterocycles. The molecule has 2 aromatic carbocycles. The Morgan fingerprint density at radius 2 is 1.83 bits per heavy atom. The molecule has 2 heterocycles. The van der Waals surface area contributed by atoms with Crippen LogP contribution in [0.15, 0.2) is 41.3 Å². The number of halogens is 1. The minimum Gasteiger partial charge on any atom is -0.457 e. The largest absolute Gasteiger partial charge is 0.457 e. The molecule has 8 nitrogen and oxygen atoms in total. The first-order valence-corrected chi connectivity index (χ1v) is 10.7. The third-order valence-electron chi connectivity index (χ3n) is 4.56. The number of carbonyl (C=O) groups excluding carboxylic acids is 1. The van der Waals surface area contributed by atoms with E-state index in [9.17, 15) is 13.2 Å². The number of fused-ring (bicyclic) bond motifs is 1. The normalized spacial score (nSPS) is 16.6. The maximum Gasteiger partial charge on any atom is 0.338 e. The highest BCUT2D eigenvalue weighted by molar-refractivity contribution is 7.89. The van der Waals surface area contributed by atoms with Crippen LogP contribution in [-0.2, 0) is 26.1 Å². The Kier molecular flexibility index (Phi) is 5.64. The van der Waals surface area contributed by atoms with Gasteiger partial charge in [-0.25, -0.2) is 13.2 Å². The number of carbonyl (C=O) groups is 1. The Morgan fingerprint density at radius 3 is 2.62 bits per heavy atom. The molecule has 2 aromatic rings. The second-order valence-electron chi connectivity index (χ2n) is 6.43. The van der Waals surface area contributed by atoms with Crippen molar-refractivity contribution in [3.63, 3.8) is 0 Å². The fourth-order valence-electron chi connectivity index (χ4n) is 3.02. The molecule has 2 aliphatic rings. The van der Waals surface area contributed by atoms with Crippen molar-refractivity contribution in [3.05, 3.63) is 52.5 Å². The maximum atomic E-state index is 12.9. The second-order valence-corrected chi connectivity index (χ2v) is 8.74. The summed E-state index contributed by atoms with van der Waals surface area (Å²) in [6, 6.07) is 9.29. The molecule has 4 rings (SSSR count). The number of rotatable bonds is 5. The van der Waals surface area contributed by atoms with Gasteiger partial charge in [0.25, 0.3) is 0 Å². The molecule has 29 heavy (non-hydrogen) atoms. The summed E-state index contributed by atoms with van der Waals surface area (Å²) in [6.45, 7) is 1.25. The van der Waals surface area contributed by atoms with Crippen LogP contribution >= 0.6 is 11.6 Å². The van der Waals surface area contributed by atoms with Gasteiger partial charge in [-0.1, -0.05) is 17.7 Å². The van der Waals surface area contributed by atoms with Gasteiger partial charge in [0.2, 0.25) is 16.8 Å². The Hall–Kier alpha value is -2.33. The molecule has 0 atom stereocenters. The molecule has 10 heteroatoms. The first-order chi connectivity index (χ1) is 13.9. The highest BCUT2D eigenvalue weighted by Gasteiger charge is 2.29. The highest BCUT2D eigenvalue weighted by atomic mass is 35.5. The van der Waals surface area contributed by atoms with E-state index in [2.05, 4.69) is 0 Å². The van der Waals surface area contributed by atoms with Gasteiger partial charge in [-0.05, 0) is 35.9 Å². The molecule has 0 bridgehead atoms. The van der Waals surface area contributed by atoms with Crippen molar-refractivity contribution >= 4 is 27.6 Å². The summed E-state index contributed by atoms with van der Waals surface area (Å²) in [7, 11) is -3.84. The topological polar surface area (TPSA) is 91.4 Å². The van der Waals surface area contributed by atoms with E-state index in [-0.39, 0.29) is 42.0 Å². The summed E-state index contributed by atoms with van der Waals surface area (Å²) in [6.07, 6.45) is 0. The molecule has 0 unspecified atom stereocenters. The molecule has 1 saturated heterocycles. The molecule has 0 amide bonds. The predicted molar refractivity (Wildman–Crippen MR) is 103 cm³/mol. The monoisotopic (exact) mass is 439 g/mol. The van der Waals surface area contributed by atoms with Crippen LogP contribution in [0.3, 0.4) is 0 Å². The van der Waals surface area contributed by atoms with E-state index in [4.69, 9.17) is 30.5 Å². The summed E-state index contributed by atoms with van der Waals surface area (Å²) in [5.74, 6) is 0.567. The fourth-order valence-corrected chi connectivity index (χ4v) is 4.93. The van der Waals surface area contributed by atoms with Crippen molar-refractivity contribution in [2.24, 2.45) is 0 Å². The van der Waals surface area contributed by atoms with E-state index in [0.29, 0.717) is 24.7 Å². The SMILES string of the molecule is O=C(OCc1ccc2c(c1)OCO2)c1ccc(Cl)c(S(=O)(=O)N2CCOCC2)c1. The Balaban J connectivity index is 1.50. The minimum absolute atomic E-state index is 0.00362. The van der Waals surface area contributed by atoms with E-state index in [0.717, 1.165) is 5.56 Å². The number of hydrogen-bond donors (Lipinski definition) is 0. The number of benzene rings is 2. The van der Waals surface area contributed by atoms with Gasteiger partial charge in [-0.15, -0.1) is 0 Å². The first-order valence-electron chi connectivity index (χ1n) is 8.88. The third kappa shape index (κ3) is 4.18. The van der Waals surface area contributed by atoms with Crippen molar-refractivity contribution in [1.29, 1.82) is 0 Å². The standard InChI is InChI=1S/C19H18ClNO7S/c20-15-3-2-14(10-18(15)29(23,24)21-5-7-25-8-6-21)19(22)26-11-13-1-4-16-17(9-13)28-12-27-16/h1-4,9-10H,5-8,11-12H2. The van der Waals surface area contributed by atoms with Gasteiger partial charge in [-0.2, -0.15) is 4.31 Å². The van der Waals surface area contributed by atoms with Crippen LogP contribution in [0.25, 0.3) is 0 Å². The van der Waals surface area contributed by atoms with Gasteiger partial charge in [0.15, 0.2) is 11.5 Å². The molecular weight excluding hydrogens is 422 g/mol. The lowest BCUT2D eigenvalue weighted by Gasteiger charge is -2.26.